The van der Waals surface area contributed by atoms with Crippen LogP contribution >= 0.6 is 31.9 Å². The van der Waals surface area contributed by atoms with E-state index in [1.807, 2.05) is 19.1 Å². The van der Waals surface area contributed by atoms with E-state index in [-0.39, 0.29) is 11.3 Å². The summed E-state index contributed by atoms with van der Waals surface area (Å²) in [5.41, 5.74) is 1.25. The van der Waals surface area contributed by atoms with E-state index in [9.17, 15) is 14.9 Å². The van der Waals surface area contributed by atoms with Gasteiger partial charge in [0.25, 0.3) is 5.69 Å². The van der Waals surface area contributed by atoms with E-state index in [1.54, 1.807) is 0 Å². The first-order valence-electron chi connectivity index (χ1n) is 6.37. The largest absolute Gasteiger partial charge is 0.421 e. The van der Waals surface area contributed by atoms with Gasteiger partial charge in [0.15, 0.2) is 5.75 Å². The summed E-state index contributed by atoms with van der Waals surface area (Å²) in [5.74, 6) is -0.207. The van der Waals surface area contributed by atoms with Crippen molar-refractivity contribution in [2.24, 2.45) is 0 Å². The van der Waals surface area contributed by atoms with E-state index in [0.717, 1.165) is 12.0 Å². The van der Waals surface area contributed by atoms with E-state index >= 15 is 0 Å². The smallest absolute Gasteiger partial charge is 0.343 e. The van der Waals surface area contributed by atoms with Gasteiger partial charge in [-0.3, -0.25) is 10.1 Å². The second-order valence-corrected chi connectivity index (χ2v) is 6.14. The molecule has 5 nitrogen and oxygen atoms in total. The van der Waals surface area contributed by atoms with Crippen molar-refractivity contribution in [3.8, 4) is 5.75 Å². The molecule has 2 rings (SSSR count). The van der Waals surface area contributed by atoms with Gasteiger partial charge < -0.3 is 4.74 Å². The fourth-order valence-corrected chi connectivity index (χ4v) is 3.23. The summed E-state index contributed by atoms with van der Waals surface area (Å²) in [6, 6.07) is 9.01. The Balaban J connectivity index is 2.23. The summed E-state index contributed by atoms with van der Waals surface area (Å²) >= 11 is 6.75. The van der Waals surface area contributed by atoms with E-state index in [1.165, 1.54) is 24.3 Å². The monoisotopic (exact) mass is 427 g/mol. The highest BCUT2D eigenvalue weighted by molar-refractivity contribution is 9.11. The Hall–Kier alpha value is -1.73. The lowest BCUT2D eigenvalue weighted by molar-refractivity contribution is -0.384. The molecule has 0 aliphatic carbocycles. The van der Waals surface area contributed by atoms with E-state index in [0.29, 0.717) is 14.7 Å². The lowest BCUT2D eigenvalue weighted by Gasteiger charge is -2.10. The van der Waals surface area contributed by atoms with E-state index in [4.69, 9.17) is 4.74 Å². The van der Waals surface area contributed by atoms with Gasteiger partial charge in [0.05, 0.1) is 19.4 Å². The van der Waals surface area contributed by atoms with E-state index < -0.39 is 10.9 Å². The Morgan fingerprint density at radius 1 is 1.18 bits per heavy atom. The molecular weight excluding hydrogens is 418 g/mol. The number of ether oxygens (including phenoxy) is 1. The number of hydrogen-bond acceptors (Lipinski definition) is 4. The number of carbonyl (C=O) groups is 1. The van der Waals surface area contributed by atoms with Crippen molar-refractivity contribution >= 4 is 43.5 Å². The Bertz CT molecular complexity index is 706. The first-order valence-corrected chi connectivity index (χ1v) is 7.95. The number of esters is 1. The third-order valence-electron chi connectivity index (χ3n) is 2.97. The SMILES string of the molecule is CCc1cc(Br)c(OC(=O)c2ccc([N+](=O)[O-])cc2)c(Br)c1. The molecule has 0 saturated carbocycles. The molecule has 114 valence electrons. The lowest BCUT2D eigenvalue weighted by Crippen LogP contribution is -2.09. The first kappa shape index (κ1) is 16.6. The standard InChI is InChI=1S/C15H11Br2NO4/c1-2-9-7-12(16)14(13(17)8-9)22-15(19)10-3-5-11(6-4-10)18(20)21/h3-8H,2H2,1H3. The molecule has 0 atom stereocenters. The molecule has 0 bridgehead atoms. The first-order chi connectivity index (χ1) is 10.4. The number of hydrogen-bond donors (Lipinski definition) is 0. The van der Waals surface area contributed by atoms with Gasteiger partial charge in [-0.2, -0.15) is 0 Å². The summed E-state index contributed by atoms with van der Waals surface area (Å²) in [7, 11) is 0. The van der Waals surface area contributed by atoms with Crippen molar-refractivity contribution in [1.82, 2.24) is 0 Å². The number of nitro groups is 1. The van der Waals surface area contributed by atoms with Crippen LogP contribution in [0.15, 0.2) is 45.3 Å². The maximum atomic E-state index is 12.1. The predicted molar refractivity (Wildman–Crippen MR) is 89.3 cm³/mol. The van der Waals surface area contributed by atoms with Gasteiger partial charge in [-0.05, 0) is 68.1 Å². The van der Waals surface area contributed by atoms with Crippen LogP contribution in [-0.2, 0) is 6.42 Å². The number of aryl methyl sites for hydroxylation is 1. The van der Waals surface area contributed by atoms with Crippen LogP contribution in [0.3, 0.4) is 0 Å². The Kier molecular flexibility index (Phi) is 5.31. The number of halogens is 2. The summed E-state index contributed by atoms with van der Waals surface area (Å²) < 4.78 is 6.68. The van der Waals surface area contributed by atoms with Crippen molar-refractivity contribution in [3.05, 3.63) is 66.6 Å². The van der Waals surface area contributed by atoms with E-state index in [2.05, 4.69) is 31.9 Å². The zero-order valence-electron chi connectivity index (χ0n) is 11.5. The molecule has 0 radical (unpaired) electrons. The molecule has 0 aliphatic heterocycles. The third-order valence-corrected chi connectivity index (χ3v) is 4.15. The van der Waals surface area contributed by atoms with Gasteiger partial charge in [-0.15, -0.1) is 0 Å². The van der Waals surface area contributed by atoms with Gasteiger partial charge in [0.2, 0.25) is 0 Å². The van der Waals surface area contributed by atoms with Crippen LogP contribution in [0.2, 0.25) is 0 Å². The van der Waals surface area contributed by atoms with Crippen LogP contribution in [0.4, 0.5) is 5.69 Å². The molecule has 0 heterocycles. The number of non-ortho nitro benzene ring substituents is 1. The average molecular weight is 429 g/mol. The van der Waals surface area contributed by atoms with Gasteiger partial charge in [0, 0.05) is 12.1 Å². The van der Waals surface area contributed by atoms with Gasteiger partial charge >= 0.3 is 5.97 Å². The summed E-state index contributed by atoms with van der Waals surface area (Å²) in [6.07, 6.45) is 0.855. The molecular formula is C15H11Br2NO4. The van der Waals surface area contributed by atoms with Gasteiger partial charge in [-0.1, -0.05) is 6.92 Å². The zero-order valence-corrected chi connectivity index (χ0v) is 14.7. The molecule has 0 N–H and O–H groups in total. The normalized spacial score (nSPS) is 10.3. The third kappa shape index (κ3) is 3.72. The summed E-state index contributed by atoms with van der Waals surface area (Å²) in [5, 5.41) is 10.6. The summed E-state index contributed by atoms with van der Waals surface area (Å²) in [6.45, 7) is 2.02. The second-order valence-electron chi connectivity index (χ2n) is 4.44. The van der Waals surface area contributed by atoms with Crippen molar-refractivity contribution in [2.45, 2.75) is 13.3 Å². The topological polar surface area (TPSA) is 69.4 Å². The van der Waals surface area contributed by atoms with Crippen LogP contribution < -0.4 is 4.74 Å². The molecule has 0 aromatic heterocycles. The zero-order chi connectivity index (χ0) is 16.3. The molecule has 7 heteroatoms. The average Bonchev–Trinajstić information content (AvgIpc) is 2.50. The quantitative estimate of drug-likeness (QED) is 0.300. The lowest BCUT2D eigenvalue weighted by atomic mass is 10.1. The maximum absolute atomic E-state index is 12.1. The number of nitrogens with zero attached hydrogens (tertiary/aromatic N) is 1. The highest BCUT2D eigenvalue weighted by Gasteiger charge is 2.16. The number of carbonyl (C=O) groups excluding carboxylic acids is 1. The van der Waals surface area contributed by atoms with Crippen LogP contribution in [-0.4, -0.2) is 10.9 Å². The Morgan fingerprint density at radius 2 is 1.73 bits per heavy atom. The number of nitro benzene ring substituents is 1. The van der Waals surface area contributed by atoms with Crippen LogP contribution in [0.1, 0.15) is 22.8 Å². The van der Waals surface area contributed by atoms with Crippen molar-refractivity contribution in [1.29, 1.82) is 0 Å². The molecule has 0 unspecified atom stereocenters. The minimum Gasteiger partial charge on any atom is -0.421 e. The Morgan fingerprint density at radius 3 is 2.18 bits per heavy atom. The van der Waals surface area contributed by atoms with Crippen LogP contribution in [0.25, 0.3) is 0 Å². The molecule has 22 heavy (non-hydrogen) atoms. The molecule has 0 aliphatic rings. The van der Waals surface area contributed by atoms with Crippen LogP contribution in [0, 0.1) is 10.1 Å². The fraction of sp³-hybridized carbons (Fsp3) is 0.133. The number of benzene rings is 2. The molecule has 0 amide bonds. The highest BCUT2D eigenvalue weighted by atomic mass is 79.9. The summed E-state index contributed by atoms with van der Waals surface area (Å²) in [4.78, 5) is 22.2. The van der Waals surface area contributed by atoms with Gasteiger partial charge in [-0.25, -0.2) is 4.79 Å². The molecule has 0 fully saturated rings. The van der Waals surface area contributed by atoms with Crippen molar-refractivity contribution in [3.63, 3.8) is 0 Å². The van der Waals surface area contributed by atoms with Crippen molar-refractivity contribution < 1.29 is 14.5 Å². The molecule has 2 aromatic carbocycles. The fourth-order valence-electron chi connectivity index (χ4n) is 1.78. The van der Waals surface area contributed by atoms with Crippen LogP contribution in [0.5, 0.6) is 5.75 Å². The molecule has 2 aromatic rings. The predicted octanol–water partition coefficient (Wildman–Crippen LogP) is 4.90. The minimum absolute atomic E-state index is 0.0776. The number of rotatable bonds is 4. The molecule has 0 spiro atoms. The Labute approximate surface area is 143 Å². The second kappa shape index (κ2) is 7.02. The van der Waals surface area contributed by atoms with Gasteiger partial charge in [0.1, 0.15) is 0 Å². The van der Waals surface area contributed by atoms with Crippen molar-refractivity contribution in [2.75, 3.05) is 0 Å². The highest BCUT2D eigenvalue weighted by Crippen LogP contribution is 2.35. The minimum atomic E-state index is -0.583. The maximum Gasteiger partial charge on any atom is 0.343 e. The molecule has 0 saturated heterocycles.